The molecule has 16 heavy (non-hydrogen) atoms. The van der Waals surface area contributed by atoms with E-state index in [0.29, 0.717) is 6.07 Å². The molecule has 0 unspecified atom stereocenters. The summed E-state index contributed by atoms with van der Waals surface area (Å²) in [5.74, 6) is 0. The summed E-state index contributed by atoms with van der Waals surface area (Å²) in [7, 11) is 0. The Morgan fingerprint density at radius 3 is 2.44 bits per heavy atom. The Bertz CT molecular complexity index is 429. The predicted molar refractivity (Wildman–Crippen MR) is 52.2 cm³/mol. The average Bonchev–Trinajstić information content (AvgIpc) is 2.07. The van der Waals surface area contributed by atoms with Gasteiger partial charge < -0.3 is 10.8 Å². The second-order valence-corrected chi connectivity index (χ2v) is 3.18. The summed E-state index contributed by atoms with van der Waals surface area (Å²) in [6, 6.07) is 1.76. The molecule has 1 amide bonds. The summed E-state index contributed by atoms with van der Waals surface area (Å²) >= 11 is 0. The van der Waals surface area contributed by atoms with E-state index < -0.39 is 17.8 Å². The van der Waals surface area contributed by atoms with E-state index in [1.165, 1.54) is 6.92 Å². The number of nitrogens with two attached hydrogens (primary N) is 1. The van der Waals surface area contributed by atoms with Crippen LogP contribution < -0.4 is 11.1 Å². The fourth-order valence-corrected chi connectivity index (χ4v) is 1.25. The van der Waals surface area contributed by atoms with Gasteiger partial charge in [0.05, 0.1) is 16.9 Å². The maximum atomic E-state index is 12.4. The molecule has 0 bridgehead atoms. The first kappa shape index (κ1) is 12.2. The summed E-state index contributed by atoms with van der Waals surface area (Å²) in [6.07, 6.45) is -5.88. The van der Waals surface area contributed by atoms with Crippen LogP contribution >= 0.6 is 0 Å². The van der Waals surface area contributed by atoms with Gasteiger partial charge in [0.25, 0.3) is 0 Å². The number of anilines is 2. The third-order valence-electron chi connectivity index (χ3n) is 1.94. The van der Waals surface area contributed by atoms with Crippen molar-refractivity contribution in [1.29, 1.82) is 0 Å². The lowest BCUT2D eigenvalue weighted by molar-refractivity contribution is -0.138. The molecule has 0 radical (unpaired) electrons. The number of hydrogen-bond acceptors (Lipinski definition) is 2. The van der Waals surface area contributed by atoms with Gasteiger partial charge in [-0.2, -0.15) is 13.2 Å². The minimum Gasteiger partial charge on any atom is -0.465 e. The summed E-state index contributed by atoms with van der Waals surface area (Å²) in [5.41, 5.74) is 4.02. The Kier molecular flexibility index (Phi) is 2.97. The van der Waals surface area contributed by atoms with E-state index in [-0.39, 0.29) is 16.9 Å². The maximum absolute atomic E-state index is 12.4. The number of nitrogen functional groups attached to an aromatic ring is 1. The van der Waals surface area contributed by atoms with E-state index in [2.05, 4.69) is 0 Å². The molecule has 1 aromatic rings. The highest BCUT2D eigenvalue weighted by Gasteiger charge is 2.33. The molecule has 4 N–H and O–H groups in total. The van der Waals surface area contributed by atoms with Crippen LogP contribution in [0.5, 0.6) is 0 Å². The Hall–Kier alpha value is -1.92. The van der Waals surface area contributed by atoms with Crippen LogP contribution in [0.3, 0.4) is 0 Å². The van der Waals surface area contributed by atoms with Crippen molar-refractivity contribution in [2.75, 3.05) is 11.1 Å². The van der Waals surface area contributed by atoms with Gasteiger partial charge in [0, 0.05) is 0 Å². The van der Waals surface area contributed by atoms with Crippen molar-refractivity contribution in [3.05, 3.63) is 23.3 Å². The maximum Gasteiger partial charge on any atom is 0.416 e. The third kappa shape index (κ3) is 2.56. The van der Waals surface area contributed by atoms with Crippen molar-refractivity contribution in [2.45, 2.75) is 13.1 Å². The Labute approximate surface area is 88.9 Å². The number of carbonyl (C=O) groups is 1. The standard InChI is InChI=1S/C9H9F3N2O2/c1-4-2-7(14-8(15)16)6(13)3-5(4)9(10,11)12/h2-3,14H,13H2,1H3,(H,15,16). The molecule has 0 aliphatic carbocycles. The molecular formula is C9H9F3N2O2. The molecule has 7 heteroatoms. The summed E-state index contributed by atoms with van der Waals surface area (Å²) in [5, 5.41) is 10.3. The average molecular weight is 234 g/mol. The first-order valence-electron chi connectivity index (χ1n) is 4.19. The van der Waals surface area contributed by atoms with Crippen LogP contribution in [0.15, 0.2) is 12.1 Å². The topological polar surface area (TPSA) is 75.3 Å². The van der Waals surface area contributed by atoms with Crippen LogP contribution in [-0.2, 0) is 6.18 Å². The van der Waals surface area contributed by atoms with Gasteiger partial charge in [0.15, 0.2) is 0 Å². The fourth-order valence-electron chi connectivity index (χ4n) is 1.25. The SMILES string of the molecule is Cc1cc(NC(=O)O)c(N)cc1C(F)(F)F. The molecule has 0 saturated heterocycles. The number of benzene rings is 1. The number of halogens is 3. The molecule has 0 saturated carbocycles. The zero-order chi connectivity index (χ0) is 12.5. The van der Waals surface area contributed by atoms with Crippen LogP contribution in [0.25, 0.3) is 0 Å². The second kappa shape index (κ2) is 3.92. The molecule has 1 aromatic carbocycles. The Morgan fingerprint density at radius 2 is 2.00 bits per heavy atom. The summed E-state index contributed by atoms with van der Waals surface area (Å²) < 4.78 is 37.3. The van der Waals surface area contributed by atoms with Crippen LogP contribution in [-0.4, -0.2) is 11.2 Å². The van der Waals surface area contributed by atoms with Gasteiger partial charge in [-0.05, 0) is 24.6 Å². The smallest absolute Gasteiger partial charge is 0.416 e. The van der Waals surface area contributed by atoms with Crippen molar-refractivity contribution in [3.63, 3.8) is 0 Å². The lowest BCUT2D eigenvalue weighted by Crippen LogP contribution is -2.13. The normalized spacial score (nSPS) is 11.2. The molecule has 0 aromatic heterocycles. The first-order valence-corrected chi connectivity index (χ1v) is 4.19. The molecule has 0 heterocycles. The van der Waals surface area contributed by atoms with E-state index >= 15 is 0 Å². The van der Waals surface area contributed by atoms with E-state index in [9.17, 15) is 18.0 Å². The number of nitrogens with one attached hydrogen (secondary N) is 1. The van der Waals surface area contributed by atoms with Gasteiger partial charge >= 0.3 is 12.3 Å². The van der Waals surface area contributed by atoms with Gasteiger partial charge in [-0.15, -0.1) is 0 Å². The highest BCUT2D eigenvalue weighted by molar-refractivity contribution is 5.88. The van der Waals surface area contributed by atoms with Crippen molar-refractivity contribution in [3.8, 4) is 0 Å². The molecular weight excluding hydrogens is 225 g/mol. The molecule has 0 spiro atoms. The minimum absolute atomic E-state index is 0.0574. The highest BCUT2D eigenvalue weighted by Crippen LogP contribution is 2.35. The van der Waals surface area contributed by atoms with Crippen molar-refractivity contribution < 1.29 is 23.1 Å². The van der Waals surface area contributed by atoms with Crippen LogP contribution in [0.4, 0.5) is 29.3 Å². The number of amides is 1. The van der Waals surface area contributed by atoms with Gasteiger partial charge in [0.1, 0.15) is 0 Å². The lowest BCUT2D eigenvalue weighted by atomic mass is 10.1. The van der Waals surface area contributed by atoms with E-state index in [1.807, 2.05) is 5.32 Å². The first-order chi connectivity index (χ1) is 7.21. The number of carboxylic acid groups (broad SMARTS) is 1. The van der Waals surface area contributed by atoms with Gasteiger partial charge in [-0.25, -0.2) is 4.79 Å². The highest BCUT2D eigenvalue weighted by atomic mass is 19.4. The number of rotatable bonds is 1. The second-order valence-electron chi connectivity index (χ2n) is 3.18. The molecule has 4 nitrogen and oxygen atoms in total. The molecule has 88 valence electrons. The van der Waals surface area contributed by atoms with Gasteiger partial charge in [-0.1, -0.05) is 0 Å². The predicted octanol–water partition coefficient (Wildman–Crippen LogP) is 2.69. The van der Waals surface area contributed by atoms with Crippen LogP contribution in [0.2, 0.25) is 0 Å². The van der Waals surface area contributed by atoms with E-state index in [1.54, 1.807) is 0 Å². The van der Waals surface area contributed by atoms with Crippen molar-refractivity contribution in [1.82, 2.24) is 0 Å². The molecule has 0 aliphatic heterocycles. The van der Waals surface area contributed by atoms with Crippen LogP contribution in [0, 0.1) is 6.92 Å². The Balaban J connectivity index is 3.22. The summed E-state index contributed by atoms with van der Waals surface area (Å²) in [6.45, 7) is 1.23. The molecule has 0 aliphatic rings. The van der Waals surface area contributed by atoms with Crippen LogP contribution in [0.1, 0.15) is 11.1 Å². The molecule has 0 fully saturated rings. The summed E-state index contributed by atoms with van der Waals surface area (Å²) in [4.78, 5) is 10.3. The zero-order valence-corrected chi connectivity index (χ0v) is 8.22. The monoisotopic (exact) mass is 234 g/mol. The zero-order valence-electron chi connectivity index (χ0n) is 8.22. The van der Waals surface area contributed by atoms with E-state index in [0.717, 1.165) is 6.07 Å². The van der Waals surface area contributed by atoms with Gasteiger partial charge in [-0.3, -0.25) is 5.32 Å². The molecule has 0 atom stereocenters. The van der Waals surface area contributed by atoms with Crippen molar-refractivity contribution >= 4 is 17.5 Å². The fraction of sp³-hybridized carbons (Fsp3) is 0.222. The Morgan fingerprint density at radius 1 is 1.44 bits per heavy atom. The van der Waals surface area contributed by atoms with E-state index in [4.69, 9.17) is 10.8 Å². The van der Waals surface area contributed by atoms with Crippen molar-refractivity contribution in [2.24, 2.45) is 0 Å². The number of hydrogen-bond donors (Lipinski definition) is 3. The lowest BCUT2D eigenvalue weighted by Gasteiger charge is -2.13. The minimum atomic E-state index is -4.50. The number of alkyl halides is 3. The largest absolute Gasteiger partial charge is 0.465 e. The number of aryl methyl sites for hydroxylation is 1. The molecule has 1 rings (SSSR count). The quantitative estimate of drug-likeness (QED) is 0.654. The van der Waals surface area contributed by atoms with Gasteiger partial charge in [0.2, 0.25) is 0 Å². The third-order valence-corrected chi connectivity index (χ3v) is 1.94.